The average Bonchev–Trinajstić information content (AvgIpc) is 2.47. The van der Waals surface area contributed by atoms with Crippen LogP contribution in [0.15, 0.2) is 11.1 Å². The van der Waals surface area contributed by atoms with Crippen LogP contribution < -0.4 is 0 Å². The number of carboxylic acid groups (broad SMARTS) is 1. The molecule has 18 heavy (non-hydrogen) atoms. The van der Waals surface area contributed by atoms with Crippen LogP contribution in [-0.2, 0) is 9.59 Å². The molecular weight excluding hydrogens is 230 g/mol. The summed E-state index contributed by atoms with van der Waals surface area (Å²) in [5.74, 6) is -1.15. The first kappa shape index (κ1) is 14.7. The minimum Gasteiger partial charge on any atom is -0.478 e. The van der Waals surface area contributed by atoms with Crippen molar-refractivity contribution in [1.29, 1.82) is 0 Å². The lowest BCUT2D eigenvalue weighted by Gasteiger charge is -2.24. The molecule has 1 N–H and O–H groups in total. The van der Waals surface area contributed by atoms with Gasteiger partial charge in [-0.05, 0) is 38.5 Å². The summed E-state index contributed by atoms with van der Waals surface area (Å²) in [4.78, 5) is 24.9. The maximum absolute atomic E-state index is 12.2. The number of nitrogens with zero attached hydrogens (tertiary/aromatic N) is 1. The molecule has 0 atom stereocenters. The number of likely N-dealkylation sites (tertiary alicyclic amines) is 1. The second kappa shape index (κ2) is 5.55. The lowest BCUT2D eigenvalue weighted by Crippen LogP contribution is -2.33. The minimum absolute atomic E-state index is 0.132. The molecule has 1 fully saturated rings. The molecule has 4 heteroatoms. The molecule has 0 saturated carbocycles. The molecule has 0 unspecified atom stereocenters. The Balaban J connectivity index is 2.79. The molecule has 0 radical (unpaired) electrons. The van der Waals surface area contributed by atoms with Crippen molar-refractivity contribution < 1.29 is 14.7 Å². The van der Waals surface area contributed by atoms with Crippen LogP contribution in [0.2, 0.25) is 0 Å². The largest absolute Gasteiger partial charge is 0.478 e. The van der Waals surface area contributed by atoms with Gasteiger partial charge in [-0.15, -0.1) is 0 Å². The molecule has 0 spiro atoms. The summed E-state index contributed by atoms with van der Waals surface area (Å²) in [6, 6.07) is 0. The molecule has 1 saturated heterocycles. The molecule has 1 aliphatic rings. The smallest absolute Gasteiger partial charge is 0.331 e. The number of carboxylic acids is 1. The highest BCUT2D eigenvalue weighted by Gasteiger charge is 2.26. The fourth-order valence-corrected chi connectivity index (χ4v) is 2.18. The monoisotopic (exact) mass is 253 g/mol. The van der Waals surface area contributed by atoms with E-state index in [9.17, 15) is 9.59 Å². The molecule has 0 aliphatic carbocycles. The molecule has 4 nitrogen and oxygen atoms in total. The van der Waals surface area contributed by atoms with Crippen molar-refractivity contribution in [3.05, 3.63) is 11.1 Å². The Kier molecular flexibility index (Phi) is 4.54. The minimum atomic E-state index is -1.02. The lowest BCUT2D eigenvalue weighted by molar-refractivity contribution is -0.133. The van der Waals surface area contributed by atoms with E-state index in [1.807, 2.05) is 0 Å². The highest BCUT2D eigenvalue weighted by atomic mass is 16.4. The number of amides is 1. The Bertz CT molecular complexity index is 383. The maximum Gasteiger partial charge on any atom is 0.331 e. The summed E-state index contributed by atoms with van der Waals surface area (Å²) in [6.07, 6.45) is 3.06. The number of carbonyl (C=O) groups is 2. The van der Waals surface area contributed by atoms with Gasteiger partial charge in [0, 0.05) is 24.2 Å². The van der Waals surface area contributed by atoms with Crippen molar-refractivity contribution in [2.75, 3.05) is 13.1 Å². The Hall–Kier alpha value is -1.32. The van der Waals surface area contributed by atoms with E-state index in [2.05, 4.69) is 13.8 Å². The van der Waals surface area contributed by atoms with Crippen molar-refractivity contribution in [2.24, 2.45) is 5.41 Å². The molecule has 0 aromatic carbocycles. The molecule has 1 aliphatic heterocycles. The van der Waals surface area contributed by atoms with Crippen LogP contribution in [0.1, 0.15) is 47.0 Å². The van der Waals surface area contributed by atoms with Crippen LogP contribution in [-0.4, -0.2) is 35.0 Å². The van der Waals surface area contributed by atoms with Crippen molar-refractivity contribution in [3.63, 3.8) is 0 Å². The van der Waals surface area contributed by atoms with Crippen LogP contribution in [0, 0.1) is 5.41 Å². The van der Waals surface area contributed by atoms with Gasteiger partial charge < -0.3 is 10.0 Å². The van der Waals surface area contributed by atoms with Gasteiger partial charge in [-0.1, -0.05) is 13.8 Å². The Morgan fingerprint density at radius 1 is 1.06 bits per heavy atom. The molecule has 1 heterocycles. The quantitative estimate of drug-likeness (QED) is 0.769. The van der Waals surface area contributed by atoms with Crippen LogP contribution in [0.3, 0.4) is 0 Å². The van der Waals surface area contributed by atoms with Crippen LogP contribution in [0.5, 0.6) is 0 Å². The van der Waals surface area contributed by atoms with Gasteiger partial charge in [-0.2, -0.15) is 0 Å². The molecule has 0 bridgehead atoms. The zero-order valence-corrected chi connectivity index (χ0v) is 11.7. The van der Waals surface area contributed by atoms with E-state index >= 15 is 0 Å². The van der Waals surface area contributed by atoms with E-state index in [1.165, 1.54) is 6.92 Å². The fraction of sp³-hybridized carbons (Fsp3) is 0.714. The SMILES string of the molecule is CC(C(=O)O)=C(C)C(=O)N1CCCC(C)(C)CC1. The second-order valence-electron chi connectivity index (χ2n) is 5.87. The number of rotatable bonds is 2. The van der Waals surface area contributed by atoms with Crippen molar-refractivity contribution in [1.82, 2.24) is 4.90 Å². The van der Waals surface area contributed by atoms with E-state index in [1.54, 1.807) is 11.8 Å². The molecule has 1 amide bonds. The topological polar surface area (TPSA) is 57.6 Å². The summed E-state index contributed by atoms with van der Waals surface area (Å²) < 4.78 is 0. The third-order valence-corrected chi connectivity index (χ3v) is 3.83. The molecule has 0 aromatic heterocycles. The maximum atomic E-state index is 12.2. The van der Waals surface area contributed by atoms with Crippen molar-refractivity contribution in [3.8, 4) is 0 Å². The summed E-state index contributed by atoms with van der Waals surface area (Å²) in [7, 11) is 0. The molecule has 102 valence electrons. The van der Waals surface area contributed by atoms with Gasteiger partial charge >= 0.3 is 5.97 Å². The molecule has 1 rings (SSSR count). The second-order valence-corrected chi connectivity index (χ2v) is 5.87. The highest BCUT2D eigenvalue weighted by Crippen LogP contribution is 2.30. The van der Waals surface area contributed by atoms with Gasteiger partial charge in [-0.25, -0.2) is 4.79 Å². The first-order valence-corrected chi connectivity index (χ1v) is 6.45. The number of aliphatic carboxylic acids is 1. The number of hydrogen-bond acceptors (Lipinski definition) is 2. The van der Waals surface area contributed by atoms with Gasteiger partial charge in [0.15, 0.2) is 0 Å². The molecular formula is C14H23NO3. The zero-order valence-electron chi connectivity index (χ0n) is 11.7. The van der Waals surface area contributed by atoms with E-state index < -0.39 is 5.97 Å². The Morgan fingerprint density at radius 2 is 1.67 bits per heavy atom. The van der Waals surface area contributed by atoms with Crippen molar-refractivity contribution in [2.45, 2.75) is 47.0 Å². The third kappa shape index (κ3) is 3.59. The van der Waals surface area contributed by atoms with Gasteiger partial charge in [0.1, 0.15) is 0 Å². The van der Waals surface area contributed by atoms with Crippen LogP contribution in [0.25, 0.3) is 0 Å². The van der Waals surface area contributed by atoms with E-state index in [0.29, 0.717) is 5.57 Å². The van der Waals surface area contributed by atoms with Gasteiger partial charge in [0.05, 0.1) is 0 Å². The highest BCUT2D eigenvalue weighted by molar-refractivity contribution is 6.01. The fourth-order valence-electron chi connectivity index (χ4n) is 2.18. The third-order valence-electron chi connectivity index (χ3n) is 3.83. The summed E-state index contributed by atoms with van der Waals surface area (Å²) in [6.45, 7) is 8.96. The van der Waals surface area contributed by atoms with Crippen molar-refractivity contribution >= 4 is 11.9 Å². The normalized spacial score (nSPS) is 21.0. The van der Waals surface area contributed by atoms with Crippen LogP contribution >= 0.6 is 0 Å². The summed E-state index contributed by atoms with van der Waals surface area (Å²) in [5.41, 5.74) is 0.764. The zero-order chi connectivity index (χ0) is 13.9. The summed E-state index contributed by atoms with van der Waals surface area (Å²) >= 11 is 0. The van der Waals surface area contributed by atoms with Gasteiger partial charge in [0.25, 0.3) is 0 Å². The predicted octanol–water partition coefficient (Wildman–Crippen LogP) is 2.45. The lowest BCUT2D eigenvalue weighted by atomic mass is 9.85. The number of carbonyl (C=O) groups excluding carboxylic acids is 1. The van der Waals surface area contributed by atoms with E-state index in [-0.39, 0.29) is 16.9 Å². The molecule has 0 aromatic rings. The predicted molar refractivity (Wildman–Crippen MR) is 70.2 cm³/mol. The number of hydrogen-bond donors (Lipinski definition) is 1. The Labute approximate surface area is 109 Å². The van der Waals surface area contributed by atoms with Gasteiger partial charge in [-0.3, -0.25) is 4.79 Å². The average molecular weight is 253 g/mol. The standard InChI is InChI=1S/C14H23NO3/c1-10(11(2)13(17)18)12(16)15-8-5-6-14(3,4)7-9-15/h5-9H2,1-4H3,(H,17,18). The van der Waals surface area contributed by atoms with Gasteiger partial charge in [0.2, 0.25) is 5.91 Å². The Morgan fingerprint density at radius 3 is 2.22 bits per heavy atom. The van der Waals surface area contributed by atoms with Crippen LogP contribution in [0.4, 0.5) is 0 Å². The summed E-state index contributed by atoms with van der Waals surface area (Å²) in [5, 5.41) is 8.91. The first-order valence-electron chi connectivity index (χ1n) is 6.45. The van der Waals surface area contributed by atoms with E-state index in [0.717, 1.165) is 32.4 Å². The first-order chi connectivity index (χ1) is 8.24. The van der Waals surface area contributed by atoms with E-state index in [4.69, 9.17) is 5.11 Å².